The van der Waals surface area contributed by atoms with Gasteiger partial charge in [0.15, 0.2) is 0 Å². The first-order valence-electron chi connectivity index (χ1n) is 12.5. The van der Waals surface area contributed by atoms with Crippen molar-refractivity contribution in [3.63, 3.8) is 0 Å². The van der Waals surface area contributed by atoms with Crippen LogP contribution in [0, 0.1) is 12.3 Å². The van der Waals surface area contributed by atoms with Gasteiger partial charge in [0.25, 0.3) is 0 Å². The molecule has 0 aromatic rings. The van der Waals surface area contributed by atoms with Crippen LogP contribution in [0.15, 0.2) is 0 Å². The summed E-state index contributed by atoms with van der Waals surface area (Å²) >= 11 is 0. The number of aliphatic hydroxyl groups is 1. The lowest BCUT2D eigenvalue weighted by atomic mass is 10.0. The molecule has 0 rings (SSSR count). The van der Waals surface area contributed by atoms with E-state index in [1.807, 2.05) is 0 Å². The van der Waals surface area contributed by atoms with Crippen LogP contribution >= 0.6 is 0 Å². The van der Waals surface area contributed by atoms with Gasteiger partial charge in [-0.2, -0.15) is 0 Å². The quantitative estimate of drug-likeness (QED) is 0.133. The van der Waals surface area contributed by atoms with Crippen LogP contribution in [0.25, 0.3) is 0 Å². The van der Waals surface area contributed by atoms with Crippen molar-refractivity contribution >= 4 is 0 Å². The van der Waals surface area contributed by atoms with Crippen LogP contribution in [0.3, 0.4) is 0 Å². The van der Waals surface area contributed by atoms with Crippen LogP contribution < -0.4 is 0 Å². The third-order valence-corrected chi connectivity index (χ3v) is 5.63. The molecule has 0 saturated heterocycles. The standard InChI is InChI=1S/C26H50O2/c1-2-25-28-26-23-21-19-17-15-13-11-9-7-5-3-4-6-8-10-12-14-16-18-20-22-24-27/h1,27H,3-26H2. The number of aliphatic hydroxyl groups excluding tert-OH is 1. The molecule has 0 aromatic carbocycles. The second kappa shape index (κ2) is 26.5. The number of terminal acetylenes is 1. The van der Waals surface area contributed by atoms with Crippen molar-refractivity contribution in [3.8, 4) is 12.3 Å². The summed E-state index contributed by atoms with van der Waals surface area (Å²) in [6.07, 6.45) is 33.8. The Morgan fingerprint density at radius 3 is 1.04 bits per heavy atom. The van der Waals surface area contributed by atoms with Crippen molar-refractivity contribution in [3.05, 3.63) is 0 Å². The van der Waals surface area contributed by atoms with Gasteiger partial charge in [-0.1, -0.05) is 128 Å². The van der Waals surface area contributed by atoms with E-state index in [-0.39, 0.29) is 0 Å². The van der Waals surface area contributed by atoms with Crippen molar-refractivity contribution < 1.29 is 9.84 Å². The summed E-state index contributed by atoms with van der Waals surface area (Å²) in [7, 11) is 0. The number of unbranched alkanes of at least 4 members (excludes halogenated alkanes) is 20. The van der Waals surface area contributed by atoms with Gasteiger partial charge in [-0.3, -0.25) is 0 Å². The Labute approximate surface area is 177 Å². The van der Waals surface area contributed by atoms with Crippen LogP contribution in [0.2, 0.25) is 0 Å². The minimum atomic E-state index is 0.367. The van der Waals surface area contributed by atoms with E-state index in [2.05, 4.69) is 5.92 Å². The topological polar surface area (TPSA) is 29.5 Å². The highest BCUT2D eigenvalue weighted by molar-refractivity contribution is 4.82. The van der Waals surface area contributed by atoms with Crippen LogP contribution in [-0.2, 0) is 4.74 Å². The Balaban J connectivity index is 2.97. The van der Waals surface area contributed by atoms with Crippen LogP contribution in [0.5, 0.6) is 0 Å². The Kier molecular flexibility index (Phi) is 26.0. The van der Waals surface area contributed by atoms with Crippen LogP contribution in [-0.4, -0.2) is 24.9 Å². The Morgan fingerprint density at radius 1 is 0.464 bits per heavy atom. The lowest BCUT2D eigenvalue weighted by Crippen LogP contribution is -1.94. The minimum Gasteiger partial charge on any atom is -0.396 e. The molecule has 166 valence electrons. The highest BCUT2D eigenvalue weighted by Gasteiger charge is 1.96. The largest absolute Gasteiger partial charge is 0.396 e. The molecule has 0 aliphatic heterocycles. The zero-order valence-corrected chi connectivity index (χ0v) is 18.9. The molecule has 2 heteroatoms. The molecule has 0 aliphatic rings. The fourth-order valence-corrected chi connectivity index (χ4v) is 3.81. The molecular weight excluding hydrogens is 344 g/mol. The predicted octanol–water partition coefficient (Wildman–Crippen LogP) is 7.82. The van der Waals surface area contributed by atoms with Crippen molar-refractivity contribution in [1.29, 1.82) is 0 Å². The molecule has 28 heavy (non-hydrogen) atoms. The maximum Gasteiger partial charge on any atom is 0.107 e. The van der Waals surface area contributed by atoms with Gasteiger partial charge in [0.2, 0.25) is 0 Å². The Morgan fingerprint density at radius 2 is 0.750 bits per heavy atom. The molecule has 0 fully saturated rings. The lowest BCUT2D eigenvalue weighted by molar-refractivity contribution is 0.162. The average Bonchev–Trinajstić information content (AvgIpc) is 2.71. The van der Waals surface area contributed by atoms with E-state index in [0.717, 1.165) is 19.4 Å². The summed E-state index contributed by atoms with van der Waals surface area (Å²) in [4.78, 5) is 0. The summed E-state index contributed by atoms with van der Waals surface area (Å²) in [5, 5.41) is 8.74. The van der Waals surface area contributed by atoms with Gasteiger partial charge in [0, 0.05) is 13.2 Å². The molecular formula is C26H50O2. The van der Waals surface area contributed by atoms with E-state index < -0.39 is 0 Å². The van der Waals surface area contributed by atoms with E-state index in [0.29, 0.717) is 13.2 Å². The normalized spacial score (nSPS) is 11.0. The third kappa shape index (κ3) is 25.5. The van der Waals surface area contributed by atoms with Crippen LogP contribution in [0.1, 0.15) is 135 Å². The molecule has 0 aliphatic carbocycles. The number of hydrogen-bond acceptors (Lipinski definition) is 2. The van der Waals surface area contributed by atoms with Gasteiger partial charge < -0.3 is 9.84 Å². The molecule has 0 atom stereocenters. The summed E-state index contributed by atoms with van der Waals surface area (Å²) in [5.41, 5.74) is 0. The van der Waals surface area contributed by atoms with Gasteiger partial charge >= 0.3 is 0 Å². The van der Waals surface area contributed by atoms with E-state index in [4.69, 9.17) is 16.3 Å². The maximum absolute atomic E-state index is 8.74. The first kappa shape index (κ1) is 27.5. The Hall–Kier alpha value is -0.520. The first-order chi connectivity index (χ1) is 13.9. The summed E-state index contributed by atoms with van der Waals surface area (Å²) in [5.74, 6) is 2.51. The smallest absolute Gasteiger partial charge is 0.107 e. The fourth-order valence-electron chi connectivity index (χ4n) is 3.81. The van der Waals surface area contributed by atoms with E-state index in [1.165, 1.54) is 122 Å². The predicted molar refractivity (Wildman–Crippen MR) is 124 cm³/mol. The first-order valence-corrected chi connectivity index (χ1v) is 12.5. The van der Waals surface area contributed by atoms with E-state index >= 15 is 0 Å². The molecule has 0 saturated carbocycles. The average molecular weight is 395 g/mol. The van der Waals surface area contributed by atoms with Crippen molar-refractivity contribution in [2.75, 3.05) is 19.8 Å². The fraction of sp³-hybridized carbons (Fsp3) is 0.923. The Bertz CT molecular complexity index is 308. The SMILES string of the molecule is C#CCOCCCCCCCCCCCCCCCCCCCCCCCO. The highest BCUT2D eigenvalue weighted by atomic mass is 16.5. The monoisotopic (exact) mass is 394 g/mol. The third-order valence-electron chi connectivity index (χ3n) is 5.63. The molecule has 0 amide bonds. The maximum atomic E-state index is 8.74. The molecule has 1 N–H and O–H groups in total. The molecule has 0 unspecified atom stereocenters. The molecule has 0 heterocycles. The lowest BCUT2D eigenvalue weighted by Gasteiger charge is -2.04. The van der Waals surface area contributed by atoms with Gasteiger partial charge in [0.05, 0.1) is 0 Å². The number of ether oxygens (including phenoxy) is 1. The minimum absolute atomic E-state index is 0.367. The summed E-state index contributed by atoms with van der Waals surface area (Å²) in [6, 6.07) is 0. The molecule has 0 radical (unpaired) electrons. The second-order valence-corrected chi connectivity index (χ2v) is 8.40. The number of rotatable bonds is 24. The molecule has 0 spiro atoms. The van der Waals surface area contributed by atoms with Gasteiger partial charge in [-0.15, -0.1) is 6.42 Å². The van der Waals surface area contributed by atoms with Gasteiger partial charge in [-0.25, -0.2) is 0 Å². The zero-order valence-electron chi connectivity index (χ0n) is 18.9. The van der Waals surface area contributed by atoms with Crippen molar-refractivity contribution in [1.82, 2.24) is 0 Å². The number of hydrogen-bond donors (Lipinski definition) is 1. The van der Waals surface area contributed by atoms with Crippen molar-refractivity contribution in [2.24, 2.45) is 0 Å². The molecule has 0 bridgehead atoms. The molecule has 2 nitrogen and oxygen atoms in total. The van der Waals surface area contributed by atoms with E-state index in [9.17, 15) is 0 Å². The van der Waals surface area contributed by atoms with E-state index in [1.54, 1.807) is 0 Å². The summed E-state index contributed by atoms with van der Waals surface area (Å²) < 4.78 is 5.28. The van der Waals surface area contributed by atoms with Gasteiger partial charge in [-0.05, 0) is 12.8 Å². The zero-order chi connectivity index (χ0) is 20.4. The molecule has 0 aromatic heterocycles. The second-order valence-electron chi connectivity index (χ2n) is 8.40. The van der Waals surface area contributed by atoms with Crippen molar-refractivity contribution in [2.45, 2.75) is 135 Å². The summed E-state index contributed by atoms with van der Waals surface area (Å²) in [6.45, 7) is 1.66. The van der Waals surface area contributed by atoms with Gasteiger partial charge in [0.1, 0.15) is 6.61 Å². The van der Waals surface area contributed by atoms with Crippen LogP contribution in [0.4, 0.5) is 0 Å². The highest BCUT2D eigenvalue weighted by Crippen LogP contribution is 2.15.